The van der Waals surface area contributed by atoms with Crippen LogP contribution in [0.1, 0.15) is 25.6 Å². The van der Waals surface area contributed by atoms with E-state index in [4.69, 9.17) is 5.11 Å². The fraction of sp³-hybridized carbons (Fsp3) is 0.0909. The number of anilines is 1. The summed E-state index contributed by atoms with van der Waals surface area (Å²) in [5.74, 6) is -1.50. The fourth-order valence-corrected chi connectivity index (χ4v) is 1.92. The first-order chi connectivity index (χ1) is 8.59. The minimum Gasteiger partial charge on any atom is -0.478 e. The number of benzene rings is 1. The SMILES string of the molecule is Cc1cccc(NC(=O)c2cnns2)c1C(=O)O. The lowest BCUT2D eigenvalue weighted by Gasteiger charge is -2.09. The second kappa shape index (κ2) is 4.92. The molecule has 18 heavy (non-hydrogen) atoms. The number of nitrogens with one attached hydrogen (secondary N) is 1. The van der Waals surface area contributed by atoms with E-state index >= 15 is 0 Å². The number of carbonyl (C=O) groups is 2. The molecular formula is C11H9N3O3S. The lowest BCUT2D eigenvalue weighted by molar-refractivity contribution is 0.0697. The molecule has 0 fully saturated rings. The predicted octanol–water partition coefficient (Wildman–Crippen LogP) is 1.80. The normalized spacial score (nSPS) is 10.1. The van der Waals surface area contributed by atoms with E-state index in [0.29, 0.717) is 10.4 Å². The smallest absolute Gasteiger partial charge is 0.338 e. The van der Waals surface area contributed by atoms with Gasteiger partial charge in [0.25, 0.3) is 5.91 Å². The van der Waals surface area contributed by atoms with Crippen LogP contribution in [0.2, 0.25) is 0 Å². The molecule has 0 saturated heterocycles. The summed E-state index contributed by atoms with van der Waals surface area (Å²) in [4.78, 5) is 23.3. The predicted molar refractivity (Wildman–Crippen MR) is 66.0 cm³/mol. The van der Waals surface area contributed by atoms with E-state index in [1.54, 1.807) is 25.1 Å². The van der Waals surface area contributed by atoms with Crippen LogP contribution < -0.4 is 5.32 Å². The summed E-state index contributed by atoms with van der Waals surface area (Å²) < 4.78 is 3.57. The van der Waals surface area contributed by atoms with Gasteiger partial charge < -0.3 is 10.4 Å². The first kappa shape index (κ1) is 12.2. The van der Waals surface area contributed by atoms with Crippen LogP contribution in [0.3, 0.4) is 0 Å². The number of carboxylic acids is 1. The number of aromatic carboxylic acids is 1. The van der Waals surface area contributed by atoms with E-state index in [-0.39, 0.29) is 11.3 Å². The second-order valence-corrected chi connectivity index (χ2v) is 4.32. The zero-order valence-corrected chi connectivity index (χ0v) is 10.2. The summed E-state index contributed by atoms with van der Waals surface area (Å²) in [5.41, 5.74) is 0.937. The van der Waals surface area contributed by atoms with Crippen molar-refractivity contribution >= 4 is 29.1 Å². The van der Waals surface area contributed by atoms with E-state index in [0.717, 1.165) is 11.5 Å². The average Bonchev–Trinajstić information content (AvgIpc) is 2.81. The highest BCUT2D eigenvalue weighted by molar-refractivity contribution is 7.07. The maximum absolute atomic E-state index is 11.8. The van der Waals surface area contributed by atoms with Gasteiger partial charge in [-0.05, 0) is 30.1 Å². The van der Waals surface area contributed by atoms with Gasteiger partial charge in [-0.2, -0.15) is 0 Å². The lowest BCUT2D eigenvalue weighted by Crippen LogP contribution is -2.14. The Morgan fingerprint density at radius 3 is 2.78 bits per heavy atom. The second-order valence-electron chi connectivity index (χ2n) is 3.54. The van der Waals surface area contributed by atoms with E-state index in [9.17, 15) is 9.59 Å². The van der Waals surface area contributed by atoms with E-state index in [1.165, 1.54) is 6.20 Å². The fourth-order valence-electron chi connectivity index (χ4n) is 1.51. The largest absolute Gasteiger partial charge is 0.478 e. The van der Waals surface area contributed by atoms with Crippen LogP contribution in [0.5, 0.6) is 0 Å². The zero-order valence-electron chi connectivity index (χ0n) is 9.38. The topological polar surface area (TPSA) is 92.2 Å². The van der Waals surface area contributed by atoms with Crippen molar-refractivity contribution in [2.24, 2.45) is 0 Å². The molecule has 0 atom stereocenters. The number of carbonyl (C=O) groups excluding carboxylic acids is 1. The number of rotatable bonds is 3. The third-order valence-corrected chi connectivity index (χ3v) is 2.98. The van der Waals surface area contributed by atoms with Gasteiger partial charge in [0.15, 0.2) is 0 Å². The summed E-state index contributed by atoms with van der Waals surface area (Å²) in [6, 6.07) is 4.90. The molecule has 1 aromatic heterocycles. The van der Waals surface area contributed by atoms with Crippen molar-refractivity contribution in [3.8, 4) is 0 Å². The molecule has 1 heterocycles. The Bertz CT molecular complexity index is 596. The highest BCUT2D eigenvalue weighted by Crippen LogP contribution is 2.20. The Kier molecular flexibility index (Phi) is 3.33. The summed E-state index contributed by atoms with van der Waals surface area (Å²) in [6.45, 7) is 1.67. The van der Waals surface area contributed by atoms with Crippen LogP contribution in [0.4, 0.5) is 5.69 Å². The number of hydrogen-bond donors (Lipinski definition) is 2. The molecule has 0 aliphatic heterocycles. The summed E-state index contributed by atoms with van der Waals surface area (Å²) in [6.07, 6.45) is 1.33. The Hall–Kier alpha value is -2.28. The van der Waals surface area contributed by atoms with Gasteiger partial charge in [0.05, 0.1) is 17.4 Å². The third kappa shape index (κ3) is 2.35. The number of carboxylic acid groups (broad SMARTS) is 1. The van der Waals surface area contributed by atoms with Crippen LogP contribution in [-0.4, -0.2) is 26.6 Å². The molecule has 1 amide bonds. The van der Waals surface area contributed by atoms with Gasteiger partial charge in [-0.1, -0.05) is 16.6 Å². The van der Waals surface area contributed by atoms with Gasteiger partial charge in [-0.25, -0.2) is 4.79 Å². The number of hydrogen-bond acceptors (Lipinski definition) is 5. The quantitative estimate of drug-likeness (QED) is 0.880. The van der Waals surface area contributed by atoms with Gasteiger partial charge in [-0.3, -0.25) is 4.79 Å². The molecule has 2 rings (SSSR count). The lowest BCUT2D eigenvalue weighted by atomic mass is 10.1. The molecule has 0 saturated carbocycles. The molecule has 0 spiro atoms. The van der Waals surface area contributed by atoms with E-state index < -0.39 is 11.9 Å². The van der Waals surface area contributed by atoms with Crippen molar-refractivity contribution in [3.05, 3.63) is 40.4 Å². The molecular weight excluding hydrogens is 254 g/mol. The maximum Gasteiger partial charge on any atom is 0.338 e. The Morgan fingerprint density at radius 1 is 1.39 bits per heavy atom. The molecule has 6 nitrogen and oxygen atoms in total. The van der Waals surface area contributed by atoms with Crippen molar-refractivity contribution in [3.63, 3.8) is 0 Å². The van der Waals surface area contributed by atoms with Crippen molar-refractivity contribution in [1.29, 1.82) is 0 Å². The average molecular weight is 263 g/mol. The maximum atomic E-state index is 11.8. The first-order valence-electron chi connectivity index (χ1n) is 5.01. The minimum atomic E-state index is -1.08. The molecule has 7 heteroatoms. The van der Waals surface area contributed by atoms with Crippen LogP contribution in [0, 0.1) is 6.92 Å². The van der Waals surface area contributed by atoms with Crippen molar-refractivity contribution in [2.75, 3.05) is 5.32 Å². The molecule has 1 aromatic carbocycles. The monoisotopic (exact) mass is 263 g/mol. The number of nitrogens with zero attached hydrogens (tertiary/aromatic N) is 2. The van der Waals surface area contributed by atoms with Gasteiger partial charge in [0.2, 0.25) is 0 Å². The Labute approximate surface area is 106 Å². The summed E-state index contributed by atoms with van der Waals surface area (Å²) >= 11 is 0.948. The van der Waals surface area contributed by atoms with Gasteiger partial charge in [0, 0.05) is 0 Å². The van der Waals surface area contributed by atoms with Crippen molar-refractivity contribution < 1.29 is 14.7 Å². The highest BCUT2D eigenvalue weighted by Gasteiger charge is 2.16. The number of aryl methyl sites for hydroxylation is 1. The van der Waals surface area contributed by atoms with Gasteiger partial charge >= 0.3 is 5.97 Å². The van der Waals surface area contributed by atoms with Crippen LogP contribution in [0.15, 0.2) is 24.4 Å². The molecule has 0 unspecified atom stereocenters. The minimum absolute atomic E-state index is 0.0864. The Morgan fingerprint density at radius 2 is 2.17 bits per heavy atom. The van der Waals surface area contributed by atoms with Gasteiger partial charge in [-0.15, -0.1) is 5.10 Å². The Balaban J connectivity index is 2.32. The summed E-state index contributed by atoms with van der Waals surface area (Å²) in [7, 11) is 0. The zero-order chi connectivity index (χ0) is 13.1. The first-order valence-corrected chi connectivity index (χ1v) is 5.78. The summed E-state index contributed by atoms with van der Waals surface area (Å²) in [5, 5.41) is 15.2. The van der Waals surface area contributed by atoms with E-state index in [1.807, 2.05) is 0 Å². The van der Waals surface area contributed by atoms with Crippen LogP contribution in [-0.2, 0) is 0 Å². The molecule has 0 aliphatic carbocycles. The van der Waals surface area contributed by atoms with Gasteiger partial charge in [0.1, 0.15) is 4.88 Å². The van der Waals surface area contributed by atoms with Crippen LogP contribution in [0.25, 0.3) is 0 Å². The molecule has 0 bridgehead atoms. The highest BCUT2D eigenvalue weighted by atomic mass is 32.1. The molecule has 0 aliphatic rings. The van der Waals surface area contributed by atoms with Crippen molar-refractivity contribution in [2.45, 2.75) is 6.92 Å². The van der Waals surface area contributed by atoms with Crippen LogP contribution >= 0.6 is 11.5 Å². The third-order valence-electron chi connectivity index (χ3n) is 2.32. The molecule has 92 valence electrons. The molecule has 2 aromatic rings. The molecule has 2 N–H and O–H groups in total. The molecule has 0 radical (unpaired) electrons. The number of amides is 1. The van der Waals surface area contributed by atoms with Crippen molar-refractivity contribution in [1.82, 2.24) is 9.59 Å². The number of aromatic nitrogens is 2. The standard InChI is InChI=1S/C11H9N3O3S/c1-6-3-2-4-7(9(6)11(16)17)13-10(15)8-5-12-14-18-8/h2-5H,1H3,(H,13,15)(H,16,17). The van der Waals surface area contributed by atoms with E-state index in [2.05, 4.69) is 14.9 Å².